The molecule has 6 nitrogen and oxygen atoms in total. The molecular formula is C22H33N3O3. The number of nitrogens with one attached hydrogen (secondary N) is 2. The fourth-order valence-electron chi connectivity index (χ4n) is 4.33. The van der Waals surface area contributed by atoms with Crippen molar-refractivity contribution in [3.05, 3.63) is 29.8 Å². The van der Waals surface area contributed by atoms with Crippen molar-refractivity contribution in [2.24, 2.45) is 0 Å². The van der Waals surface area contributed by atoms with E-state index in [4.69, 9.17) is 4.74 Å². The topological polar surface area (TPSA) is 70.7 Å². The molecule has 2 amide bonds. The van der Waals surface area contributed by atoms with Gasteiger partial charge in [-0.2, -0.15) is 0 Å². The third-order valence-corrected chi connectivity index (χ3v) is 6.04. The summed E-state index contributed by atoms with van der Waals surface area (Å²) in [5.74, 6) is 0.564. The van der Waals surface area contributed by atoms with E-state index < -0.39 is 0 Å². The molecule has 0 radical (unpaired) electrons. The Balaban J connectivity index is 1.51. The smallest absolute Gasteiger partial charge is 0.260 e. The highest BCUT2D eigenvalue weighted by Gasteiger charge is 2.29. The van der Waals surface area contributed by atoms with Crippen molar-refractivity contribution in [3.63, 3.8) is 0 Å². The number of hydrogen-bond acceptors (Lipinski definition) is 4. The molecule has 2 heterocycles. The van der Waals surface area contributed by atoms with Gasteiger partial charge in [-0.3, -0.25) is 9.59 Å². The zero-order valence-electron chi connectivity index (χ0n) is 17.2. The van der Waals surface area contributed by atoms with Crippen LogP contribution in [0.3, 0.4) is 0 Å². The van der Waals surface area contributed by atoms with Crippen LogP contribution in [-0.2, 0) is 4.79 Å². The number of piperidine rings is 2. The second kappa shape index (κ2) is 9.41. The maximum atomic E-state index is 12.6. The van der Waals surface area contributed by atoms with Gasteiger partial charge in [-0.15, -0.1) is 0 Å². The minimum atomic E-state index is -0.0702. The Hall–Kier alpha value is -2.08. The fraction of sp³-hybridized carbons (Fsp3) is 0.636. The Morgan fingerprint density at radius 1 is 1.07 bits per heavy atom. The summed E-state index contributed by atoms with van der Waals surface area (Å²) in [5, 5.41) is 6.49. The van der Waals surface area contributed by atoms with Crippen molar-refractivity contribution in [2.75, 3.05) is 13.2 Å². The summed E-state index contributed by atoms with van der Waals surface area (Å²) < 4.78 is 5.69. The van der Waals surface area contributed by atoms with Gasteiger partial charge >= 0.3 is 0 Å². The van der Waals surface area contributed by atoms with Crippen LogP contribution in [0.25, 0.3) is 0 Å². The Morgan fingerprint density at radius 3 is 2.39 bits per heavy atom. The van der Waals surface area contributed by atoms with E-state index in [2.05, 4.69) is 31.4 Å². The first kappa shape index (κ1) is 20.6. The van der Waals surface area contributed by atoms with Crippen LogP contribution in [0.4, 0.5) is 0 Å². The molecule has 4 atom stereocenters. The molecule has 1 aromatic rings. The molecule has 2 aliphatic rings. The largest absolute Gasteiger partial charge is 0.484 e. The van der Waals surface area contributed by atoms with Gasteiger partial charge in [0, 0.05) is 29.7 Å². The van der Waals surface area contributed by atoms with Crippen LogP contribution in [0.2, 0.25) is 0 Å². The molecule has 2 aliphatic heterocycles. The highest BCUT2D eigenvalue weighted by molar-refractivity contribution is 5.94. The van der Waals surface area contributed by atoms with Gasteiger partial charge in [0.15, 0.2) is 6.61 Å². The summed E-state index contributed by atoms with van der Waals surface area (Å²) in [4.78, 5) is 27.0. The van der Waals surface area contributed by atoms with Crippen molar-refractivity contribution < 1.29 is 14.3 Å². The van der Waals surface area contributed by atoms with Crippen LogP contribution in [0, 0.1) is 0 Å². The van der Waals surface area contributed by atoms with Crippen molar-refractivity contribution in [1.82, 2.24) is 15.5 Å². The lowest BCUT2D eigenvalue weighted by molar-refractivity contribution is -0.139. The van der Waals surface area contributed by atoms with E-state index in [1.165, 1.54) is 6.42 Å². The van der Waals surface area contributed by atoms with Crippen LogP contribution < -0.4 is 15.4 Å². The number of benzene rings is 1. The second-order valence-corrected chi connectivity index (χ2v) is 8.21. The van der Waals surface area contributed by atoms with Gasteiger partial charge in [-0.1, -0.05) is 0 Å². The minimum absolute atomic E-state index is 0.0281. The van der Waals surface area contributed by atoms with Crippen LogP contribution in [0.15, 0.2) is 24.3 Å². The molecule has 1 aromatic carbocycles. The predicted octanol–water partition coefficient (Wildman–Crippen LogP) is 2.73. The molecule has 2 fully saturated rings. The number of rotatable bonds is 5. The first-order valence-electron chi connectivity index (χ1n) is 10.5. The Bertz CT molecular complexity index is 666. The van der Waals surface area contributed by atoms with Gasteiger partial charge in [0.1, 0.15) is 5.75 Å². The normalized spacial score (nSPS) is 27.9. The van der Waals surface area contributed by atoms with Gasteiger partial charge in [0.25, 0.3) is 11.8 Å². The van der Waals surface area contributed by atoms with E-state index >= 15 is 0 Å². The number of carbonyl (C=O) groups is 2. The number of ether oxygens (including phenoxy) is 1. The quantitative estimate of drug-likeness (QED) is 0.815. The average molecular weight is 388 g/mol. The summed E-state index contributed by atoms with van der Waals surface area (Å²) in [6.45, 7) is 7.34. The van der Waals surface area contributed by atoms with Gasteiger partial charge in [0.2, 0.25) is 0 Å². The molecule has 0 aliphatic carbocycles. The highest BCUT2D eigenvalue weighted by Crippen LogP contribution is 2.23. The van der Waals surface area contributed by atoms with Crippen LogP contribution in [0.1, 0.15) is 63.2 Å². The lowest BCUT2D eigenvalue weighted by Gasteiger charge is -2.38. The number of amides is 2. The second-order valence-electron chi connectivity index (χ2n) is 8.21. The molecular weight excluding hydrogens is 354 g/mol. The minimum Gasteiger partial charge on any atom is -0.484 e. The standard InChI is InChI=1S/C22H33N3O3/c1-15-6-4-7-16(2)25(15)21(26)14-28-19-11-9-18(10-12-19)22(27)24-20-8-5-13-23-17(20)3/h9-12,15-17,20,23H,4-8,13-14H2,1-3H3,(H,24,27). The Labute approximate surface area is 168 Å². The van der Waals surface area contributed by atoms with Crippen LogP contribution in [0.5, 0.6) is 5.75 Å². The maximum absolute atomic E-state index is 12.6. The summed E-state index contributed by atoms with van der Waals surface area (Å²) in [5.41, 5.74) is 0.606. The number of carbonyl (C=O) groups excluding carboxylic acids is 2. The zero-order chi connectivity index (χ0) is 20.1. The van der Waals surface area contributed by atoms with Gasteiger partial charge < -0.3 is 20.3 Å². The van der Waals surface area contributed by atoms with E-state index in [1.807, 2.05) is 4.90 Å². The predicted molar refractivity (Wildman–Crippen MR) is 110 cm³/mol. The Kier molecular flexibility index (Phi) is 6.94. The molecule has 28 heavy (non-hydrogen) atoms. The SMILES string of the molecule is CC1NCCCC1NC(=O)c1ccc(OCC(=O)N2C(C)CCCC2C)cc1. The van der Waals surface area contributed by atoms with E-state index in [0.717, 1.165) is 32.2 Å². The maximum Gasteiger partial charge on any atom is 0.260 e. The van der Waals surface area contributed by atoms with Gasteiger partial charge in [-0.25, -0.2) is 0 Å². The van der Waals surface area contributed by atoms with Crippen molar-refractivity contribution in [2.45, 2.75) is 77.0 Å². The monoisotopic (exact) mass is 387 g/mol. The van der Waals surface area contributed by atoms with Gasteiger partial charge in [-0.05, 0) is 83.7 Å². The third-order valence-electron chi connectivity index (χ3n) is 6.04. The van der Waals surface area contributed by atoms with E-state index in [-0.39, 0.29) is 42.6 Å². The lowest BCUT2D eigenvalue weighted by atomic mass is 9.97. The van der Waals surface area contributed by atoms with Crippen LogP contribution in [-0.4, -0.2) is 54.0 Å². The molecule has 154 valence electrons. The first-order chi connectivity index (χ1) is 13.5. The van der Waals surface area contributed by atoms with Crippen LogP contribution >= 0.6 is 0 Å². The van der Waals surface area contributed by atoms with Gasteiger partial charge in [0.05, 0.1) is 0 Å². The molecule has 2 saturated heterocycles. The van der Waals surface area contributed by atoms with E-state index in [1.54, 1.807) is 24.3 Å². The summed E-state index contributed by atoms with van der Waals surface area (Å²) in [7, 11) is 0. The molecule has 0 spiro atoms. The summed E-state index contributed by atoms with van der Waals surface area (Å²) in [6.07, 6.45) is 5.34. The first-order valence-corrected chi connectivity index (χ1v) is 10.5. The van der Waals surface area contributed by atoms with Crippen molar-refractivity contribution in [1.29, 1.82) is 0 Å². The number of likely N-dealkylation sites (tertiary alicyclic amines) is 1. The molecule has 0 saturated carbocycles. The molecule has 3 rings (SSSR count). The highest BCUT2D eigenvalue weighted by atomic mass is 16.5. The molecule has 6 heteroatoms. The van der Waals surface area contributed by atoms with E-state index in [0.29, 0.717) is 11.3 Å². The lowest BCUT2D eigenvalue weighted by Crippen LogP contribution is -2.51. The van der Waals surface area contributed by atoms with Crippen molar-refractivity contribution in [3.8, 4) is 5.75 Å². The Morgan fingerprint density at radius 2 is 1.75 bits per heavy atom. The summed E-state index contributed by atoms with van der Waals surface area (Å²) in [6, 6.07) is 7.99. The molecule has 0 aromatic heterocycles. The molecule has 0 bridgehead atoms. The third kappa shape index (κ3) is 5.04. The molecule has 4 unspecified atom stereocenters. The summed E-state index contributed by atoms with van der Waals surface area (Å²) >= 11 is 0. The number of nitrogens with zero attached hydrogens (tertiary/aromatic N) is 1. The molecule has 2 N–H and O–H groups in total. The van der Waals surface area contributed by atoms with Crippen molar-refractivity contribution >= 4 is 11.8 Å². The average Bonchev–Trinajstić information content (AvgIpc) is 2.68. The fourth-order valence-corrected chi connectivity index (χ4v) is 4.33. The van der Waals surface area contributed by atoms with E-state index in [9.17, 15) is 9.59 Å². The number of hydrogen-bond donors (Lipinski definition) is 2. The zero-order valence-corrected chi connectivity index (χ0v) is 17.2.